The van der Waals surface area contributed by atoms with Gasteiger partial charge in [-0.05, 0) is 42.3 Å². The summed E-state index contributed by atoms with van der Waals surface area (Å²) in [7, 11) is 1.55. The molecule has 6 nitrogen and oxygen atoms in total. The normalized spacial score (nSPS) is 11.0. The van der Waals surface area contributed by atoms with E-state index < -0.39 is 10.9 Å². The van der Waals surface area contributed by atoms with Crippen molar-refractivity contribution in [3.63, 3.8) is 0 Å². The molecular weight excluding hydrogens is 310 g/mol. The number of nitro groups is 1. The lowest BCUT2D eigenvalue weighted by atomic mass is 10.1. The number of hydrogen-bond acceptors (Lipinski definition) is 5. The summed E-state index contributed by atoms with van der Waals surface area (Å²) in [4.78, 5) is 22.6. The molecule has 0 amide bonds. The number of nitrogens with zero attached hydrogens (tertiary/aromatic N) is 1. The Labute approximate surface area is 139 Å². The molecule has 2 aromatic carbocycles. The molecule has 2 rings (SSSR count). The molecule has 0 aromatic heterocycles. The van der Waals surface area contributed by atoms with Gasteiger partial charge >= 0.3 is 5.97 Å². The van der Waals surface area contributed by atoms with Crippen LogP contribution in [0.15, 0.2) is 54.1 Å². The molecule has 124 valence electrons. The maximum absolute atomic E-state index is 12.3. The molecule has 0 aliphatic heterocycles. The minimum absolute atomic E-state index is 0.0253. The fraction of sp³-hybridized carbons (Fsp3) is 0.167. The summed E-state index contributed by atoms with van der Waals surface area (Å²) < 4.78 is 10.4. The van der Waals surface area contributed by atoms with Crippen LogP contribution < -0.4 is 9.47 Å². The molecule has 0 heterocycles. The van der Waals surface area contributed by atoms with E-state index >= 15 is 0 Å². The van der Waals surface area contributed by atoms with E-state index in [1.165, 1.54) is 12.1 Å². The molecule has 6 heteroatoms. The van der Waals surface area contributed by atoms with Crippen molar-refractivity contribution in [3.05, 3.63) is 69.8 Å². The first kappa shape index (κ1) is 17.2. The molecule has 2 aromatic rings. The highest BCUT2D eigenvalue weighted by Crippen LogP contribution is 2.20. The molecule has 0 N–H and O–H groups in total. The van der Waals surface area contributed by atoms with Crippen LogP contribution in [0.2, 0.25) is 0 Å². The Morgan fingerprint density at radius 3 is 2.42 bits per heavy atom. The number of carbonyl (C=O) groups is 1. The standard InChI is InChI=1S/C18H17NO5/c1-3-14(11-13-5-4-6-15(12-13)19(21)22)18(20)24-17-9-7-16(23-2)8-10-17/h4-12H,3H2,1-2H3. The molecule has 0 saturated heterocycles. The first-order valence-corrected chi connectivity index (χ1v) is 7.34. The molecule has 0 atom stereocenters. The molecule has 0 aliphatic carbocycles. The van der Waals surface area contributed by atoms with Gasteiger partial charge in [-0.25, -0.2) is 4.79 Å². The molecule has 24 heavy (non-hydrogen) atoms. The number of ether oxygens (including phenoxy) is 2. The minimum Gasteiger partial charge on any atom is -0.497 e. The zero-order valence-corrected chi connectivity index (χ0v) is 13.4. The number of rotatable bonds is 6. The summed E-state index contributed by atoms with van der Waals surface area (Å²) in [5.74, 6) is 0.575. The Morgan fingerprint density at radius 1 is 1.17 bits per heavy atom. The highest BCUT2D eigenvalue weighted by Gasteiger charge is 2.12. The first-order chi connectivity index (χ1) is 11.5. The number of esters is 1. The predicted molar refractivity (Wildman–Crippen MR) is 90.0 cm³/mol. The lowest BCUT2D eigenvalue weighted by Gasteiger charge is -2.07. The van der Waals surface area contributed by atoms with Gasteiger partial charge in [0.2, 0.25) is 0 Å². The van der Waals surface area contributed by atoms with Gasteiger partial charge in [-0.2, -0.15) is 0 Å². The Kier molecular flexibility index (Phi) is 5.68. The second-order valence-electron chi connectivity index (χ2n) is 4.94. The van der Waals surface area contributed by atoms with Crippen LogP contribution in [0.25, 0.3) is 6.08 Å². The molecule has 0 radical (unpaired) electrons. The van der Waals surface area contributed by atoms with Gasteiger partial charge in [-0.15, -0.1) is 0 Å². The van der Waals surface area contributed by atoms with E-state index in [-0.39, 0.29) is 5.69 Å². The summed E-state index contributed by atoms with van der Waals surface area (Å²) in [6, 6.07) is 12.7. The maximum Gasteiger partial charge on any atom is 0.339 e. The third-order valence-electron chi connectivity index (χ3n) is 3.33. The molecule has 0 spiro atoms. The number of non-ortho nitro benzene ring substituents is 1. The van der Waals surface area contributed by atoms with Gasteiger partial charge in [0.1, 0.15) is 11.5 Å². The quantitative estimate of drug-likeness (QED) is 0.263. The Morgan fingerprint density at radius 2 is 1.83 bits per heavy atom. The average molecular weight is 327 g/mol. The van der Waals surface area contributed by atoms with Crippen molar-refractivity contribution in [2.45, 2.75) is 13.3 Å². The zero-order chi connectivity index (χ0) is 17.5. The van der Waals surface area contributed by atoms with Crippen molar-refractivity contribution in [3.8, 4) is 11.5 Å². The molecule has 0 fully saturated rings. The van der Waals surface area contributed by atoms with Gasteiger partial charge in [0.15, 0.2) is 0 Å². The van der Waals surface area contributed by atoms with Crippen molar-refractivity contribution in [1.82, 2.24) is 0 Å². The third-order valence-corrected chi connectivity index (χ3v) is 3.33. The summed E-state index contributed by atoms with van der Waals surface area (Å²) >= 11 is 0. The van der Waals surface area contributed by atoms with E-state index in [0.29, 0.717) is 29.1 Å². The summed E-state index contributed by atoms with van der Waals surface area (Å²) in [6.45, 7) is 1.82. The number of nitro benzene ring substituents is 1. The van der Waals surface area contributed by atoms with Crippen LogP contribution in [0, 0.1) is 10.1 Å². The van der Waals surface area contributed by atoms with Gasteiger partial charge in [-0.1, -0.05) is 19.1 Å². The average Bonchev–Trinajstić information content (AvgIpc) is 2.60. The topological polar surface area (TPSA) is 78.7 Å². The largest absolute Gasteiger partial charge is 0.497 e. The highest BCUT2D eigenvalue weighted by atomic mass is 16.6. The second kappa shape index (κ2) is 7.92. The van der Waals surface area contributed by atoms with Crippen molar-refractivity contribution in [2.24, 2.45) is 0 Å². The molecule has 0 unspecified atom stereocenters. The van der Waals surface area contributed by atoms with Crippen molar-refractivity contribution >= 4 is 17.7 Å². The highest BCUT2D eigenvalue weighted by molar-refractivity contribution is 5.95. The fourth-order valence-corrected chi connectivity index (χ4v) is 2.05. The molecule has 0 aliphatic rings. The van der Waals surface area contributed by atoms with Crippen molar-refractivity contribution < 1.29 is 19.2 Å². The maximum atomic E-state index is 12.3. The third kappa shape index (κ3) is 4.42. The van der Waals surface area contributed by atoms with E-state index in [4.69, 9.17) is 9.47 Å². The zero-order valence-electron chi connectivity index (χ0n) is 13.4. The Balaban J connectivity index is 2.18. The van der Waals surface area contributed by atoms with Crippen LogP contribution in [0.3, 0.4) is 0 Å². The molecule has 0 bridgehead atoms. The lowest BCUT2D eigenvalue weighted by molar-refractivity contribution is -0.384. The van der Waals surface area contributed by atoms with Gasteiger partial charge in [0.05, 0.1) is 12.0 Å². The van der Waals surface area contributed by atoms with E-state index in [9.17, 15) is 14.9 Å². The Bertz CT molecular complexity index is 765. The summed E-state index contributed by atoms with van der Waals surface area (Å²) in [6.07, 6.45) is 2.04. The van der Waals surface area contributed by atoms with Crippen LogP contribution in [0.1, 0.15) is 18.9 Å². The number of benzene rings is 2. The monoisotopic (exact) mass is 327 g/mol. The van der Waals surface area contributed by atoms with E-state index in [1.54, 1.807) is 49.6 Å². The smallest absolute Gasteiger partial charge is 0.339 e. The van der Waals surface area contributed by atoms with Gasteiger partial charge in [-0.3, -0.25) is 10.1 Å². The first-order valence-electron chi connectivity index (χ1n) is 7.34. The van der Waals surface area contributed by atoms with Gasteiger partial charge < -0.3 is 9.47 Å². The minimum atomic E-state index is -0.492. The van der Waals surface area contributed by atoms with Crippen LogP contribution in [-0.4, -0.2) is 18.0 Å². The van der Waals surface area contributed by atoms with Crippen LogP contribution in [0.4, 0.5) is 5.69 Å². The predicted octanol–water partition coefficient (Wildman–Crippen LogP) is 4.00. The van der Waals surface area contributed by atoms with Crippen LogP contribution >= 0.6 is 0 Å². The number of carbonyl (C=O) groups excluding carboxylic acids is 1. The van der Waals surface area contributed by atoms with Gasteiger partial charge in [0.25, 0.3) is 5.69 Å². The SMILES string of the molecule is CCC(=Cc1cccc([N+](=O)[O-])c1)C(=O)Oc1ccc(OC)cc1. The van der Waals surface area contributed by atoms with E-state index in [0.717, 1.165) is 0 Å². The van der Waals surface area contributed by atoms with Crippen molar-refractivity contribution in [2.75, 3.05) is 7.11 Å². The molecular formula is C18H17NO5. The van der Waals surface area contributed by atoms with E-state index in [2.05, 4.69) is 0 Å². The fourth-order valence-electron chi connectivity index (χ4n) is 2.05. The Hall–Kier alpha value is -3.15. The summed E-state index contributed by atoms with van der Waals surface area (Å²) in [5.41, 5.74) is 0.974. The van der Waals surface area contributed by atoms with E-state index in [1.807, 2.05) is 6.92 Å². The van der Waals surface area contributed by atoms with Crippen LogP contribution in [-0.2, 0) is 4.79 Å². The number of hydrogen-bond donors (Lipinski definition) is 0. The summed E-state index contributed by atoms with van der Waals surface area (Å²) in [5, 5.41) is 10.8. The van der Waals surface area contributed by atoms with Gasteiger partial charge in [0, 0.05) is 17.7 Å². The lowest BCUT2D eigenvalue weighted by Crippen LogP contribution is -2.10. The molecule has 0 saturated carbocycles. The number of methoxy groups -OCH3 is 1. The van der Waals surface area contributed by atoms with Crippen LogP contribution in [0.5, 0.6) is 11.5 Å². The second-order valence-corrected chi connectivity index (χ2v) is 4.94. The van der Waals surface area contributed by atoms with Crippen molar-refractivity contribution in [1.29, 1.82) is 0 Å².